The van der Waals surface area contributed by atoms with Crippen molar-refractivity contribution in [3.8, 4) is 0 Å². The van der Waals surface area contributed by atoms with Gasteiger partial charge in [-0.1, -0.05) is 72.8 Å². The van der Waals surface area contributed by atoms with Gasteiger partial charge in [0, 0.05) is 16.7 Å². The number of aliphatic hydroxyl groups excluding tert-OH is 1. The van der Waals surface area contributed by atoms with E-state index in [1.807, 2.05) is 30.3 Å². The van der Waals surface area contributed by atoms with Crippen LogP contribution in [0.3, 0.4) is 0 Å². The van der Waals surface area contributed by atoms with Crippen molar-refractivity contribution < 1.29 is 14.7 Å². The Morgan fingerprint density at radius 2 is 1.41 bits per heavy atom. The van der Waals surface area contributed by atoms with E-state index < -0.39 is 6.10 Å². The van der Waals surface area contributed by atoms with Crippen LogP contribution in [0.15, 0.2) is 72.8 Å². The summed E-state index contributed by atoms with van der Waals surface area (Å²) in [5.41, 5.74) is 9.14. The standard InChI is InChI=1S/C23H17NO3/c24-21-15(11-13-19(25)14-6-2-1-3-7-14)10-12-18-20(21)23(27)17-9-5-4-8-16(17)22(18)26/h1-13,19,25H,24H2/b13-11-. The number of nitrogens with two attached hydrogens (primary N) is 1. The molecule has 4 rings (SSSR count). The second kappa shape index (κ2) is 6.67. The Morgan fingerprint density at radius 3 is 2.11 bits per heavy atom. The zero-order chi connectivity index (χ0) is 19.0. The highest BCUT2D eigenvalue weighted by molar-refractivity contribution is 6.30. The van der Waals surface area contributed by atoms with Gasteiger partial charge in [-0.05, 0) is 17.2 Å². The van der Waals surface area contributed by atoms with Crippen molar-refractivity contribution in [3.05, 3.63) is 106 Å². The molecule has 0 saturated heterocycles. The number of aliphatic hydroxyl groups is 1. The molecule has 0 aromatic heterocycles. The summed E-state index contributed by atoms with van der Waals surface area (Å²) in [5.74, 6) is -0.455. The molecule has 0 bridgehead atoms. The summed E-state index contributed by atoms with van der Waals surface area (Å²) in [6.45, 7) is 0. The average molecular weight is 355 g/mol. The minimum Gasteiger partial charge on any atom is -0.398 e. The summed E-state index contributed by atoms with van der Waals surface area (Å²) >= 11 is 0. The Hall–Kier alpha value is -3.50. The number of nitrogen functional groups attached to an aromatic ring is 1. The number of carbonyl (C=O) groups excluding carboxylic acids is 2. The average Bonchev–Trinajstić information content (AvgIpc) is 2.71. The van der Waals surface area contributed by atoms with Crippen molar-refractivity contribution in [2.75, 3.05) is 5.73 Å². The summed E-state index contributed by atoms with van der Waals surface area (Å²) in [6.07, 6.45) is 2.49. The topological polar surface area (TPSA) is 80.4 Å². The molecule has 1 aliphatic rings. The molecule has 1 unspecified atom stereocenters. The maximum atomic E-state index is 12.9. The second-order valence-electron chi connectivity index (χ2n) is 6.41. The molecule has 4 nitrogen and oxygen atoms in total. The lowest BCUT2D eigenvalue weighted by Crippen LogP contribution is -2.22. The molecular formula is C23H17NO3. The van der Waals surface area contributed by atoms with Crippen molar-refractivity contribution in [1.82, 2.24) is 0 Å². The molecule has 0 fully saturated rings. The van der Waals surface area contributed by atoms with Crippen molar-refractivity contribution in [1.29, 1.82) is 0 Å². The van der Waals surface area contributed by atoms with Crippen molar-refractivity contribution >= 4 is 23.3 Å². The number of hydrogen-bond acceptors (Lipinski definition) is 4. The van der Waals surface area contributed by atoms with E-state index in [0.29, 0.717) is 22.3 Å². The second-order valence-corrected chi connectivity index (χ2v) is 6.41. The Morgan fingerprint density at radius 1 is 0.778 bits per heavy atom. The van der Waals surface area contributed by atoms with Crippen LogP contribution in [0.5, 0.6) is 0 Å². The van der Waals surface area contributed by atoms with E-state index in [2.05, 4.69) is 0 Å². The fourth-order valence-electron chi connectivity index (χ4n) is 3.33. The van der Waals surface area contributed by atoms with Gasteiger partial charge in [0.05, 0.1) is 17.4 Å². The first-order chi connectivity index (χ1) is 13.1. The minimum absolute atomic E-state index is 0.202. The molecule has 3 aromatic rings. The van der Waals surface area contributed by atoms with Gasteiger partial charge in [0.15, 0.2) is 11.6 Å². The first kappa shape index (κ1) is 16.9. The molecule has 1 aliphatic carbocycles. The number of ketones is 2. The quantitative estimate of drug-likeness (QED) is 0.548. The first-order valence-electron chi connectivity index (χ1n) is 8.60. The molecule has 0 aliphatic heterocycles. The highest BCUT2D eigenvalue weighted by Gasteiger charge is 2.31. The van der Waals surface area contributed by atoms with E-state index in [9.17, 15) is 14.7 Å². The molecule has 0 saturated carbocycles. The lowest BCUT2D eigenvalue weighted by atomic mass is 9.82. The molecule has 1 atom stereocenters. The van der Waals surface area contributed by atoms with Crippen LogP contribution >= 0.6 is 0 Å². The van der Waals surface area contributed by atoms with Crippen molar-refractivity contribution in [2.45, 2.75) is 6.10 Å². The molecule has 27 heavy (non-hydrogen) atoms. The van der Waals surface area contributed by atoms with E-state index in [0.717, 1.165) is 5.56 Å². The number of fused-ring (bicyclic) bond motifs is 2. The highest BCUT2D eigenvalue weighted by Crippen LogP contribution is 2.33. The van der Waals surface area contributed by atoms with Gasteiger partial charge >= 0.3 is 0 Å². The third-order valence-electron chi connectivity index (χ3n) is 4.77. The summed E-state index contributed by atoms with van der Waals surface area (Å²) in [7, 11) is 0. The van der Waals surface area contributed by atoms with Crippen molar-refractivity contribution in [3.63, 3.8) is 0 Å². The van der Waals surface area contributed by atoms with Crippen LogP contribution in [0.1, 0.15) is 49.1 Å². The summed E-state index contributed by atoms with van der Waals surface area (Å²) in [5, 5.41) is 10.3. The fourth-order valence-corrected chi connectivity index (χ4v) is 3.33. The van der Waals surface area contributed by atoms with Crippen LogP contribution < -0.4 is 5.73 Å². The number of anilines is 1. The minimum atomic E-state index is -0.792. The largest absolute Gasteiger partial charge is 0.398 e. The summed E-state index contributed by atoms with van der Waals surface area (Å²) in [6, 6.07) is 19.3. The highest BCUT2D eigenvalue weighted by atomic mass is 16.3. The van der Waals surface area contributed by atoms with Crippen LogP contribution in [-0.4, -0.2) is 16.7 Å². The molecule has 3 aromatic carbocycles. The van der Waals surface area contributed by atoms with Gasteiger partial charge in [0.2, 0.25) is 0 Å². The van der Waals surface area contributed by atoms with Gasteiger partial charge in [-0.3, -0.25) is 9.59 Å². The van der Waals surface area contributed by atoms with Crippen LogP contribution in [0, 0.1) is 0 Å². The fraction of sp³-hybridized carbons (Fsp3) is 0.0435. The molecule has 0 radical (unpaired) electrons. The maximum Gasteiger partial charge on any atom is 0.196 e. The van der Waals surface area contributed by atoms with E-state index in [1.165, 1.54) is 0 Å². The van der Waals surface area contributed by atoms with E-state index >= 15 is 0 Å². The molecule has 0 heterocycles. The third kappa shape index (κ3) is 2.86. The van der Waals surface area contributed by atoms with Crippen LogP contribution in [0.2, 0.25) is 0 Å². The van der Waals surface area contributed by atoms with Gasteiger partial charge in [-0.15, -0.1) is 0 Å². The summed E-state index contributed by atoms with van der Waals surface area (Å²) in [4.78, 5) is 25.6. The van der Waals surface area contributed by atoms with E-state index in [4.69, 9.17) is 5.73 Å². The lowest BCUT2D eigenvalue weighted by Gasteiger charge is -2.20. The van der Waals surface area contributed by atoms with Crippen LogP contribution in [0.4, 0.5) is 5.69 Å². The molecule has 0 spiro atoms. The molecule has 4 heteroatoms. The normalized spacial score (nSPS) is 14.1. The monoisotopic (exact) mass is 355 g/mol. The van der Waals surface area contributed by atoms with Gasteiger partial charge in [0.1, 0.15) is 0 Å². The lowest BCUT2D eigenvalue weighted by molar-refractivity contribution is 0.0979. The Balaban J connectivity index is 1.73. The number of rotatable bonds is 3. The maximum absolute atomic E-state index is 12.9. The van der Waals surface area contributed by atoms with Crippen LogP contribution in [0.25, 0.3) is 6.08 Å². The third-order valence-corrected chi connectivity index (χ3v) is 4.77. The Bertz CT molecular complexity index is 1080. The van der Waals surface area contributed by atoms with E-state index in [-0.39, 0.29) is 22.8 Å². The smallest absolute Gasteiger partial charge is 0.196 e. The van der Waals surface area contributed by atoms with Gasteiger partial charge in [-0.25, -0.2) is 0 Å². The van der Waals surface area contributed by atoms with E-state index in [1.54, 1.807) is 48.6 Å². The van der Waals surface area contributed by atoms with Crippen LogP contribution in [-0.2, 0) is 0 Å². The predicted molar refractivity (Wildman–Crippen MR) is 105 cm³/mol. The Kier molecular flexibility index (Phi) is 4.18. The van der Waals surface area contributed by atoms with Gasteiger partial charge in [-0.2, -0.15) is 0 Å². The SMILES string of the molecule is Nc1c(/C=C\C(O)c2ccccc2)ccc2c1C(=O)c1ccccc1C2=O. The molecule has 3 N–H and O–H groups in total. The van der Waals surface area contributed by atoms with Crippen molar-refractivity contribution in [2.24, 2.45) is 0 Å². The Labute approximate surface area is 156 Å². The van der Waals surface area contributed by atoms with Gasteiger partial charge in [0.25, 0.3) is 0 Å². The first-order valence-corrected chi connectivity index (χ1v) is 8.60. The number of carbonyl (C=O) groups is 2. The number of hydrogen-bond donors (Lipinski definition) is 2. The molecule has 132 valence electrons. The molecule has 0 amide bonds. The summed E-state index contributed by atoms with van der Waals surface area (Å²) < 4.78 is 0. The zero-order valence-electron chi connectivity index (χ0n) is 14.4. The van der Waals surface area contributed by atoms with Gasteiger partial charge < -0.3 is 10.8 Å². The number of benzene rings is 3. The zero-order valence-corrected chi connectivity index (χ0v) is 14.4. The molecular weight excluding hydrogens is 338 g/mol. The predicted octanol–water partition coefficient (Wildman–Crippen LogP) is 3.79.